The Labute approximate surface area is 130 Å². The van der Waals surface area contributed by atoms with Crippen molar-refractivity contribution in [2.75, 3.05) is 5.32 Å². The minimum absolute atomic E-state index is 0.0182. The quantitative estimate of drug-likeness (QED) is 0.634. The molecule has 110 valence electrons. The molecular formula is C15H14BrFN2O2. The normalized spacial score (nSPS) is 12.0. The van der Waals surface area contributed by atoms with Gasteiger partial charge >= 0.3 is 0 Å². The second kappa shape index (κ2) is 6.67. The third kappa shape index (κ3) is 4.26. The van der Waals surface area contributed by atoms with E-state index in [1.165, 1.54) is 12.1 Å². The van der Waals surface area contributed by atoms with Gasteiger partial charge in [-0.3, -0.25) is 10.1 Å². The fourth-order valence-corrected chi connectivity index (χ4v) is 2.33. The van der Waals surface area contributed by atoms with Crippen LogP contribution in [0.25, 0.3) is 0 Å². The zero-order valence-electron chi connectivity index (χ0n) is 11.3. The highest BCUT2D eigenvalue weighted by Crippen LogP contribution is 2.26. The molecule has 0 fully saturated rings. The molecule has 0 aliphatic carbocycles. The molecule has 0 heterocycles. The maximum atomic E-state index is 13.1. The van der Waals surface area contributed by atoms with Crippen molar-refractivity contribution in [3.8, 4) is 0 Å². The smallest absolute Gasteiger partial charge is 0.295 e. The zero-order valence-corrected chi connectivity index (χ0v) is 12.9. The third-order valence-electron chi connectivity index (χ3n) is 3.01. The summed E-state index contributed by atoms with van der Waals surface area (Å²) in [6, 6.07) is 11.4. The van der Waals surface area contributed by atoms with E-state index in [0.717, 1.165) is 16.1 Å². The molecule has 2 aromatic rings. The van der Waals surface area contributed by atoms with Crippen molar-refractivity contribution >= 4 is 27.3 Å². The molecule has 6 heteroatoms. The lowest BCUT2D eigenvalue weighted by Gasteiger charge is -2.15. The van der Waals surface area contributed by atoms with Gasteiger partial charge < -0.3 is 5.32 Å². The van der Waals surface area contributed by atoms with E-state index in [9.17, 15) is 14.5 Å². The number of nitrogens with zero attached hydrogens (tertiary/aromatic N) is 1. The number of hydrogen-bond donors (Lipinski definition) is 1. The lowest BCUT2D eigenvalue weighted by atomic mass is 10.1. The summed E-state index contributed by atoms with van der Waals surface area (Å²) in [5.74, 6) is -0.618. The van der Waals surface area contributed by atoms with Crippen LogP contribution in [0.15, 0.2) is 46.9 Å². The van der Waals surface area contributed by atoms with Crippen LogP contribution in [0, 0.1) is 15.9 Å². The topological polar surface area (TPSA) is 55.2 Å². The molecule has 0 bridgehead atoms. The number of rotatable bonds is 5. The van der Waals surface area contributed by atoms with Crippen LogP contribution in [-0.2, 0) is 6.42 Å². The average Bonchev–Trinajstić information content (AvgIpc) is 2.43. The van der Waals surface area contributed by atoms with E-state index in [0.29, 0.717) is 12.1 Å². The summed E-state index contributed by atoms with van der Waals surface area (Å²) < 4.78 is 14.1. The summed E-state index contributed by atoms with van der Waals surface area (Å²) in [5, 5.41) is 14.0. The number of nitro benzene ring substituents is 1. The number of benzene rings is 2. The SMILES string of the molecule is CC(Cc1ccc(Br)cc1)Nc1ccc(F)cc1[N+](=O)[O-]. The molecule has 1 atom stereocenters. The number of nitro groups is 1. The molecule has 2 rings (SSSR count). The van der Waals surface area contributed by atoms with Gasteiger partial charge in [-0.1, -0.05) is 28.1 Å². The maximum absolute atomic E-state index is 13.1. The first-order valence-electron chi connectivity index (χ1n) is 6.40. The molecule has 4 nitrogen and oxygen atoms in total. The van der Waals surface area contributed by atoms with E-state index in [2.05, 4.69) is 21.2 Å². The van der Waals surface area contributed by atoms with Crippen LogP contribution in [0.3, 0.4) is 0 Å². The van der Waals surface area contributed by atoms with E-state index in [4.69, 9.17) is 0 Å². The van der Waals surface area contributed by atoms with Gasteiger partial charge in [-0.2, -0.15) is 0 Å². The summed E-state index contributed by atoms with van der Waals surface area (Å²) >= 11 is 3.37. The first-order valence-corrected chi connectivity index (χ1v) is 7.20. The molecule has 2 aromatic carbocycles. The van der Waals surface area contributed by atoms with E-state index < -0.39 is 10.7 Å². The van der Waals surface area contributed by atoms with Gasteiger partial charge in [-0.15, -0.1) is 0 Å². The standard InChI is InChI=1S/C15H14BrFN2O2/c1-10(8-11-2-4-12(16)5-3-11)18-14-7-6-13(17)9-15(14)19(20)21/h2-7,9-10,18H,8H2,1H3. The third-order valence-corrected chi connectivity index (χ3v) is 3.54. The predicted molar refractivity (Wildman–Crippen MR) is 84.0 cm³/mol. The van der Waals surface area contributed by atoms with Crippen molar-refractivity contribution in [1.82, 2.24) is 0 Å². The van der Waals surface area contributed by atoms with E-state index in [-0.39, 0.29) is 11.7 Å². The first kappa shape index (κ1) is 15.4. The Balaban J connectivity index is 2.10. The molecule has 21 heavy (non-hydrogen) atoms. The van der Waals surface area contributed by atoms with Gasteiger partial charge in [-0.25, -0.2) is 4.39 Å². The number of anilines is 1. The van der Waals surface area contributed by atoms with Crippen molar-refractivity contribution in [3.05, 3.63) is 68.4 Å². The van der Waals surface area contributed by atoms with Crippen LogP contribution in [-0.4, -0.2) is 11.0 Å². The molecule has 0 spiro atoms. The van der Waals surface area contributed by atoms with Gasteiger partial charge in [0.2, 0.25) is 0 Å². The van der Waals surface area contributed by atoms with Gasteiger partial charge in [0.15, 0.2) is 0 Å². The number of halogens is 2. The van der Waals surface area contributed by atoms with E-state index in [1.54, 1.807) is 0 Å². The highest BCUT2D eigenvalue weighted by Gasteiger charge is 2.16. The largest absolute Gasteiger partial charge is 0.377 e. The van der Waals surface area contributed by atoms with Crippen molar-refractivity contribution in [1.29, 1.82) is 0 Å². The molecule has 0 radical (unpaired) electrons. The fourth-order valence-electron chi connectivity index (χ4n) is 2.07. The summed E-state index contributed by atoms with van der Waals surface area (Å²) in [5.41, 5.74) is 1.19. The second-order valence-electron chi connectivity index (χ2n) is 4.79. The Morgan fingerprint density at radius 3 is 2.57 bits per heavy atom. The molecule has 0 aliphatic rings. The molecule has 0 aliphatic heterocycles. The maximum Gasteiger partial charge on any atom is 0.295 e. The minimum atomic E-state index is -0.618. The Kier molecular flexibility index (Phi) is 4.90. The van der Waals surface area contributed by atoms with Crippen molar-refractivity contribution < 1.29 is 9.31 Å². The van der Waals surface area contributed by atoms with Crippen LogP contribution < -0.4 is 5.32 Å². The fraction of sp³-hybridized carbons (Fsp3) is 0.200. The lowest BCUT2D eigenvalue weighted by Crippen LogP contribution is -2.18. The Hall–Kier alpha value is -1.95. The molecule has 1 unspecified atom stereocenters. The van der Waals surface area contributed by atoms with E-state index in [1.807, 2.05) is 31.2 Å². The first-order chi connectivity index (χ1) is 9.95. The van der Waals surface area contributed by atoms with Gasteiger partial charge in [0, 0.05) is 10.5 Å². The van der Waals surface area contributed by atoms with Gasteiger partial charge in [-0.05, 0) is 43.2 Å². The summed E-state index contributed by atoms with van der Waals surface area (Å²) in [6.45, 7) is 1.93. The van der Waals surface area contributed by atoms with Gasteiger partial charge in [0.25, 0.3) is 5.69 Å². The summed E-state index contributed by atoms with van der Waals surface area (Å²) in [4.78, 5) is 10.4. The molecule has 0 amide bonds. The van der Waals surface area contributed by atoms with Crippen LogP contribution >= 0.6 is 15.9 Å². The molecule has 0 aromatic heterocycles. The van der Waals surface area contributed by atoms with Crippen molar-refractivity contribution in [2.45, 2.75) is 19.4 Å². The highest BCUT2D eigenvalue weighted by atomic mass is 79.9. The Morgan fingerprint density at radius 2 is 1.95 bits per heavy atom. The molecule has 1 N–H and O–H groups in total. The number of hydrogen-bond acceptors (Lipinski definition) is 3. The van der Waals surface area contributed by atoms with Gasteiger partial charge in [0.1, 0.15) is 11.5 Å². The van der Waals surface area contributed by atoms with Crippen LogP contribution in [0.2, 0.25) is 0 Å². The van der Waals surface area contributed by atoms with Crippen LogP contribution in [0.5, 0.6) is 0 Å². The Bertz CT molecular complexity index is 647. The molecule has 0 saturated heterocycles. The van der Waals surface area contributed by atoms with Crippen molar-refractivity contribution in [3.63, 3.8) is 0 Å². The van der Waals surface area contributed by atoms with Crippen molar-refractivity contribution in [2.24, 2.45) is 0 Å². The minimum Gasteiger partial charge on any atom is -0.377 e. The molecular weight excluding hydrogens is 339 g/mol. The summed E-state index contributed by atoms with van der Waals surface area (Å²) in [6.07, 6.45) is 0.710. The zero-order chi connectivity index (χ0) is 15.4. The van der Waals surface area contributed by atoms with Gasteiger partial charge in [0.05, 0.1) is 11.0 Å². The monoisotopic (exact) mass is 352 g/mol. The summed E-state index contributed by atoms with van der Waals surface area (Å²) in [7, 11) is 0. The van der Waals surface area contributed by atoms with Crippen LogP contribution in [0.4, 0.5) is 15.8 Å². The highest BCUT2D eigenvalue weighted by molar-refractivity contribution is 9.10. The van der Waals surface area contributed by atoms with Crippen LogP contribution in [0.1, 0.15) is 12.5 Å². The Morgan fingerprint density at radius 1 is 1.29 bits per heavy atom. The number of nitrogens with one attached hydrogen (secondary N) is 1. The lowest BCUT2D eigenvalue weighted by molar-refractivity contribution is -0.384. The molecule has 0 saturated carbocycles. The average molecular weight is 353 g/mol. The predicted octanol–water partition coefficient (Wildman–Crippen LogP) is 4.54. The second-order valence-corrected chi connectivity index (χ2v) is 5.71. The van der Waals surface area contributed by atoms with E-state index >= 15 is 0 Å².